The van der Waals surface area contributed by atoms with Crippen molar-refractivity contribution in [1.82, 2.24) is 9.80 Å². The molecular weight excluding hydrogens is 156 g/mol. The van der Waals surface area contributed by atoms with Gasteiger partial charge in [-0.05, 0) is 6.42 Å². The summed E-state index contributed by atoms with van der Waals surface area (Å²) in [5.74, 6) is 0. The van der Waals surface area contributed by atoms with Crippen molar-refractivity contribution in [3.8, 4) is 0 Å². The van der Waals surface area contributed by atoms with Gasteiger partial charge in [-0.3, -0.25) is 0 Å². The highest BCUT2D eigenvalue weighted by Gasteiger charge is 2.17. The molecule has 0 aromatic carbocycles. The van der Waals surface area contributed by atoms with Crippen LogP contribution in [0.15, 0.2) is 11.8 Å². The fourth-order valence-corrected chi connectivity index (χ4v) is 1.42. The molecule has 1 aliphatic rings. The molecule has 0 aromatic heterocycles. The lowest BCUT2D eigenvalue weighted by molar-refractivity contribution is 0.553. The monoisotopic (exact) mass is 170 g/mol. The molecule has 0 radical (unpaired) electrons. The Balaban J connectivity index is 2.69. The highest BCUT2D eigenvalue weighted by atomic mass is 32.1. The van der Waals surface area contributed by atoms with Gasteiger partial charge in [-0.1, -0.05) is 12.2 Å². The Hall–Kier alpha value is -0.570. The van der Waals surface area contributed by atoms with E-state index in [9.17, 15) is 0 Å². The molecule has 3 heteroatoms. The summed E-state index contributed by atoms with van der Waals surface area (Å²) in [6.07, 6.45) is 3.19. The molecule has 0 N–H and O–H groups in total. The third-order valence-electron chi connectivity index (χ3n) is 1.75. The molecule has 1 aliphatic heterocycles. The van der Waals surface area contributed by atoms with E-state index < -0.39 is 0 Å². The van der Waals surface area contributed by atoms with Gasteiger partial charge in [-0.25, -0.2) is 0 Å². The third-order valence-corrected chi connectivity index (χ3v) is 2.33. The van der Waals surface area contributed by atoms with E-state index in [0.717, 1.165) is 18.0 Å². The fraction of sp³-hybridized carbons (Fsp3) is 0.625. The van der Waals surface area contributed by atoms with Gasteiger partial charge < -0.3 is 9.80 Å². The molecule has 1 saturated heterocycles. The molecule has 1 fully saturated rings. The van der Waals surface area contributed by atoms with Crippen LogP contribution < -0.4 is 0 Å². The summed E-state index contributed by atoms with van der Waals surface area (Å²) in [4.78, 5) is 5.16. The van der Waals surface area contributed by atoms with E-state index in [1.807, 2.05) is 26.0 Å². The second-order valence-corrected chi connectivity index (χ2v) is 3.48. The summed E-state index contributed by atoms with van der Waals surface area (Å²) in [5.41, 5.74) is 1.28. The van der Waals surface area contributed by atoms with Crippen LogP contribution in [0.5, 0.6) is 0 Å². The number of likely N-dealkylation sites (N-methyl/N-ethyl adjacent to an activating group) is 1. The molecule has 0 saturated carbocycles. The van der Waals surface area contributed by atoms with E-state index in [1.54, 1.807) is 0 Å². The first kappa shape index (κ1) is 8.53. The van der Waals surface area contributed by atoms with E-state index in [2.05, 4.69) is 11.1 Å². The van der Waals surface area contributed by atoms with Crippen LogP contribution in [0.1, 0.15) is 6.42 Å². The molecule has 62 valence electrons. The number of hydrogen-bond donors (Lipinski definition) is 0. The van der Waals surface area contributed by atoms with Gasteiger partial charge in [0.15, 0.2) is 0 Å². The maximum atomic E-state index is 5.21. The van der Waals surface area contributed by atoms with Crippen LogP contribution in [0.25, 0.3) is 0 Å². The van der Waals surface area contributed by atoms with E-state index in [-0.39, 0.29) is 0 Å². The molecule has 0 spiro atoms. The molecule has 0 atom stereocenters. The Morgan fingerprint density at radius 2 is 2.18 bits per heavy atom. The van der Waals surface area contributed by atoms with Crippen LogP contribution >= 0.6 is 12.2 Å². The summed E-state index contributed by atoms with van der Waals surface area (Å²) in [5, 5.41) is 0. The van der Waals surface area contributed by atoms with Crippen LogP contribution in [0.3, 0.4) is 0 Å². The minimum absolute atomic E-state index is 0.999. The van der Waals surface area contributed by atoms with Crippen molar-refractivity contribution in [2.75, 3.05) is 27.7 Å². The summed E-state index contributed by atoms with van der Waals surface area (Å²) in [6, 6.07) is 0. The Morgan fingerprint density at radius 1 is 1.55 bits per heavy atom. The summed E-state index contributed by atoms with van der Waals surface area (Å²) >= 11 is 5.21. The molecule has 2 nitrogen and oxygen atoms in total. The lowest BCUT2D eigenvalue weighted by atomic mass is 10.2. The number of hydrogen-bond acceptors (Lipinski definition) is 2. The van der Waals surface area contributed by atoms with Crippen LogP contribution in [0, 0.1) is 0 Å². The zero-order chi connectivity index (χ0) is 8.43. The van der Waals surface area contributed by atoms with Crippen molar-refractivity contribution in [3.63, 3.8) is 0 Å². The number of nitrogens with zero attached hydrogens (tertiary/aromatic N) is 2. The maximum absolute atomic E-state index is 5.21. The normalized spacial score (nSPS) is 21.5. The lowest BCUT2D eigenvalue weighted by Crippen LogP contribution is -2.17. The van der Waals surface area contributed by atoms with Gasteiger partial charge in [0.05, 0.1) is 0 Å². The molecule has 0 aliphatic carbocycles. The minimum atomic E-state index is 0.999. The average Bonchev–Trinajstić information content (AvgIpc) is 2.18. The van der Waals surface area contributed by atoms with Crippen LogP contribution in [0.4, 0.5) is 0 Å². The summed E-state index contributed by atoms with van der Waals surface area (Å²) in [6.45, 7) is 1.07. The van der Waals surface area contributed by atoms with Gasteiger partial charge in [0.1, 0.15) is 4.99 Å². The van der Waals surface area contributed by atoms with Crippen molar-refractivity contribution >= 4 is 17.2 Å². The van der Waals surface area contributed by atoms with Gasteiger partial charge in [0.25, 0.3) is 0 Å². The zero-order valence-electron chi connectivity index (χ0n) is 7.29. The van der Waals surface area contributed by atoms with Gasteiger partial charge in [0.2, 0.25) is 0 Å². The molecule has 0 aromatic rings. The van der Waals surface area contributed by atoms with Crippen molar-refractivity contribution in [2.45, 2.75) is 6.42 Å². The zero-order valence-corrected chi connectivity index (χ0v) is 8.11. The maximum Gasteiger partial charge on any atom is 0.106 e. The first-order valence-electron chi connectivity index (χ1n) is 3.74. The van der Waals surface area contributed by atoms with Gasteiger partial charge in [-0.2, -0.15) is 0 Å². The smallest absolute Gasteiger partial charge is 0.106 e. The van der Waals surface area contributed by atoms with Gasteiger partial charge in [-0.15, -0.1) is 0 Å². The highest BCUT2D eigenvalue weighted by molar-refractivity contribution is 7.80. The number of thiocarbonyl (C=S) groups is 1. The van der Waals surface area contributed by atoms with Crippen molar-refractivity contribution in [3.05, 3.63) is 11.8 Å². The van der Waals surface area contributed by atoms with Crippen LogP contribution in [-0.2, 0) is 0 Å². The highest BCUT2D eigenvalue weighted by Crippen LogP contribution is 2.16. The Morgan fingerprint density at radius 3 is 2.55 bits per heavy atom. The molecular formula is C8H14N2S. The Bertz CT molecular complexity index is 196. The largest absolute Gasteiger partial charge is 0.383 e. The first-order chi connectivity index (χ1) is 5.11. The second kappa shape index (κ2) is 3.22. The van der Waals surface area contributed by atoms with E-state index in [1.165, 1.54) is 5.57 Å². The van der Waals surface area contributed by atoms with E-state index in [0.29, 0.717) is 0 Å². The standard InChI is InChI=1S/C8H14N2S/c1-9(2)6-7-4-5-10(3)8(7)11/h6H,4-5H2,1-3H3. The van der Waals surface area contributed by atoms with E-state index >= 15 is 0 Å². The predicted molar refractivity (Wildman–Crippen MR) is 51.6 cm³/mol. The van der Waals surface area contributed by atoms with Crippen molar-refractivity contribution < 1.29 is 0 Å². The second-order valence-electron chi connectivity index (χ2n) is 3.09. The lowest BCUT2D eigenvalue weighted by Gasteiger charge is -2.10. The van der Waals surface area contributed by atoms with E-state index in [4.69, 9.17) is 12.2 Å². The first-order valence-corrected chi connectivity index (χ1v) is 4.14. The Labute approximate surface area is 73.5 Å². The van der Waals surface area contributed by atoms with Crippen LogP contribution in [0.2, 0.25) is 0 Å². The average molecular weight is 170 g/mol. The van der Waals surface area contributed by atoms with Gasteiger partial charge >= 0.3 is 0 Å². The summed E-state index contributed by atoms with van der Waals surface area (Å²) in [7, 11) is 6.08. The van der Waals surface area contributed by atoms with Crippen molar-refractivity contribution in [2.24, 2.45) is 0 Å². The van der Waals surface area contributed by atoms with Crippen molar-refractivity contribution in [1.29, 1.82) is 0 Å². The molecule has 1 rings (SSSR count). The van der Waals surface area contributed by atoms with Crippen LogP contribution in [-0.4, -0.2) is 42.5 Å². The SMILES string of the molecule is CN(C)C=C1CCN(C)C1=S. The topological polar surface area (TPSA) is 6.48 Å². The predicted octanol–water partition coefficient (Wildman–Crippen LogP) is 1.09. The summed E-state index contributed by atoms with van der Waals surface area (Å²) < 4.78 is 0. The quantitative estimate of drug-likeness (QED) is 0.430. The third kappa shape index (κ3) is 1.93. The Kier molecular flexibility index (Phi) is 2.49. The van der Waals surface area contributed by atoms with Gasteiger partial charge in [0, 0.05) is 39.5 Å². The number of likely N-dealkylation sites (tertiary alicyclic amines) is 1. The molecule has 0 amide bonds. The molecule has 11 heavy (non-hydrogen) atoms. The molecule has 0 unspecified atom stereocenters. The minimum Gasteiger partial charge on any atom is -0.383 e. The number of rotatable bonds is 1. The molecule has 0 bridgehead atoms. The fourth-order valence-electron chi connectivity index (χ4n) is 1.17. The molecule has 1 heterocycles.